The summed E-state index contributed by atoms with van der Waals surface area (Å²) < 4.78 is 0. The molecule has 5 heteroatoms. The van der Waals surface area contributed by atoms with Gasteiger partial charge in [-0.1, -0.05) is 0 Å². The normalized spacial score (nSPS) is 8.64. The smallest absolute Gasteiger partial charge is 0.171 e. The molecule has 0 aliphatic heterocycles. The Morgan fingerprint density at radius 3 is 2.91 bits per heavy atom. The highest BCUT2D eigenvalue weighted by molar-refractivity contribution is 8.03. The van der Waals surface area contributed by atoms with Crippen molar-refractivity contribution in [3.63, 3.8) is 0 Å². The molecule has 11 heavy (non-hydrogen) atoms. The van der Waals surface area contributed by atoms with Gasteiger partial charge in [0.15, 0.2) is 6.29 Å². The quantitative estimate of drug-likeness (QED) is 0.369. The number of aldehydes is 1. The standard InChI is InChI=1S/C6H3N3OS/c7-4-11-6-5(3-10)8-1-2-9-6/h1-3H. The average Bonchev–Trinajstić information content (AvgIpc) is 2.06. The largest absolute Gasteiger partial charge is 0.296 e. The Morgan fingerprint density at radius 1 is 1.55 bits per heavy atom. The topological polar surface area (TPSA) is 66.6 Å². The van der Waals surface area contributed by atoms with Crippen LogP contribution in [0.5, 0.6) is 0 Å². The summed E-state index contributed by atoms with van der Waals surface area (Å²) >= 11 is 0.827. The second-order valence-electron chi connectivity index (χ2n) is 1.56. The van der Waals surface area contributed by atoms with Crippen LogP contribution in [-0.4, -0.2) is 16.3 Å². The van der Waals surface area contributed by atoms with Gasteiger partial charge in [0.2, 0.25) is 0 Å². The van der Waals surface area contributed by atoms with Crippen LogP contribution in [0.25, 0.3) is 0 Å². The van der Waals surface area contributed by atoms with Gasteiger partial charge in [0, 0.05) is 24.2 Å². The monoisotopic (exact) mass is 165 g/mol. The molecule has 0 unspecified atom stereocenters. The van der Waals surface area contributed by atoms with E-state index in [0.29, 0.717) is 11.3 Å². The Bertz CT molecular complexity index is 307. The van der Waals surface area contributed by atoms with Gasteiger partial charge >= 0.3 is 0 Å². The second-order valence-corrected chi connectivity index (χ2v) is 2.33. The number of thiocyanates is 1. The first-order chi connectivity index (χ1) is 5.38. The van der Waals surface area contributed by atoms with Crippen LogP contribution in [0.2, 0.25) is 0 Å². The van der Waals surface area contributed by atoms with Crippen LogP contribution in [0, 0.1) is 10.7 Å². The predicted octanol–water partition coefficient (Wildman–Crippen LogP) is 0.862. The van der Waals surface area contributed by atoms with Gasteiger partial charge in [-0.2, -0.15) is 5.26 Å². The maximum Gasteiger partial charge on any atom is 0.171 e. The lowest BCUT2D eigenvalue weighted by molar-refractivity contribution is 0.111. The van der Waals surface area contributed by atoms with Crippen molar-refractivity contribution in [2.75, 3.05) is 0 Å². The van der Waals surface area contributed by atoms with E-state index in [0.717, 1.165) is 11.8 Å². The highest BCUT2D eigenvalue weighted by Gasteiger charge is 2.02. The molecule has 1 heterocycles. The van der Waals surface area contributed by atoms with Gasteiger partial charge in [0.25, 0.3) is 0 Å². The van der Waals surface area contributed by atoms with E-state index < -0.39 is 0 Å². The minimum absolute atomic E-state index is 0.207. The number of thioether (sulfide) groups is 1. The van der Waals surface area contributed by atoms with Crippen molar-refractivity contribution in [1.82, 2.24) is 9.97 Å². The molecule has 1 aromatic rings. The number of hydrogen-bond donors (Lipinski definition) is 0. The van der Waals surface area contributed by atoms with Crippen LogP contribution in [0.1, 0.15) is 10.5 Å². The fraction of sp³-hybridized carbons (Fsp3) is 0. The summed E-state index contributed by atoms with van der Waals surface area (Å²) in [5, 5.41) is 10.4. The summed E-state index contributed by atoms with van der Waals surface area (Å²) in [5.74, 6) is 0. The van der Waals surface area contributed by atoms with Gasteiger partial charge in [-0.25, -0.2) is 9.97 Å². The number of nitrogens with zero attached hydrogens (tertiary/aromatic N) is 3. The number of hydrogen-bond acceptors (Lipinski definition) is 5. The molecule has 0 aliphatic rings. The Balaban J connectivity index is 3.04. The first-order valence-corrected chi connectivity index (χ1v) is 3.52. The first kappa shape index (κ1) is 7.69. The van der Waals surface area contributed by atoms with Gasteiger partial charge in [0.1, 0.15) is 16.1 Å². The minimum atomic E-state index is 0.207. The number of carbonyl (C=O) groups is 1. The summed E-state index contributed by atoms with van der Waals surface area (Å²) in [6.07, 6.45) is 3.42. The van der Waals surface area contributed by atoms with Crippen LogP contribution in [-0.2, 0) is 0 Å². The summed E-state index contributed by atoms with van der Waals surface area (Å²) in [5.41, 5.74) is 0.207. The van der Waals surface area contributed by atoms with E-state index in [9.17, 15) is 4.79 Å². The summed E-state index contributed by atoms with van der Waals surface area (Å²) in [4.78, 5) is 17.8. The Morgan fingerprint density at radius 2 is 2.27 bits per heavy atom. The van der Waals surface area contributed by atoms with Crippen molar-refractivity contribution in [2.45, 2.75) is 5.03 Å². The van der Waals surface area contributed by atoms with Crippen LogP contribution in [0.4, 0.5) is 0 Å². The lowest BCUT2D eigenvalue weighted by Crippen LogP contribution is -1.91. The molecule has 4 nitrogen and oxygen atoms in total. The Hall–Kier alpha value is -1.41. The van der Waals surface area contributed by atoms with Crippen molar-refractivity contribution in [3.05, 3.63) is 18.1 Å². The lowest BCUT2D eigenvalue weighted by Gasteiger charge is -1.92. The molecule has 0 amide bonds. The van der Waals surface area contributed by atoms with Crippen LogP contribution < -0.4 is 0 Å². The van der Waals surface area contributed by atoms with Crippen molar-refractivity contribution in [3.8, 4) is 5.40 Å². The molecule has 0 radical (unpaired) electrons. The van der Waals surface area contributed by atoms with Gasteiger partial charge in [-0.3, -0.25) is 4.79 Å². The zero-order valence-electron chi connectivity index (χ0n) is 5.39. The van der Waals surface area contributed by atoms with E-state index >= 15 is 0 Å². The molecular formula is C6H3N3OS. The first-order valence-electron chi connectivity index (χ1n) is 2.70. The predicted molar refractivity (Wildman–Crippen MR) is 38.9 cm³/mol. The lowest BCUT2D eigenvalue weighted by atomic mass is 10.5. The van der Waals surface area contributed by atoms with Crippen molar-refractivity contribution in [2.24, 2.45) is 0 Å². The average molecular weight is 165 g/mol. The van der Waals surface area contributed by atoms with E-state index in [1.165, 1.54) is 12.4 Å². The molecule has 0 aromatic carbocycles. The number of carbonyl (C=O) groups excluding carboxylic acids is 1. The van der Waals surface area contributed by atoms with E-state index in [4.69, 9.17) is 5.26 Å². The molecule has 0 spiro atoms. The highest BCUT2D eigenvalue weighted by atomic mass is 32.2. The highest BCUT2D eigenvalue weighted by Crippen LogP contribution is 2.14. The third-order valence-corrected chi connectivity index (χ3v) is 1.54. The molecule has 0 saturated carbocycles. The van der Waals surface area contributed by atoms with Crippen LogP contribution in [0.15, 0.2) is 17.4 Å². The molecule has 0 fully saturated rings. The summed E-state index contributed by atoms with van der Waals surface area (Å²) in [6, 6.07) is 0. The SMILES string of the molecule is N#CSc1nccnc1C=O. The molecule has 0 saturated heterocycles. The number of rotatable bonds is 2. The molecule has 0 N–H and O–H groups in total. The molecule has 54 valence electrons. The zero-order chi connectivity index (χ0) is 8.10. The van der Waals surface area contributed by atoms with Crippen molar-refractivity contribution >= 4 is 18.0 Å². The number of aromatic nitrogens is 2. The maximum absolute atomic E-state index is 10.3. The van der Waals surface area contributed by atoms with E-state index in [-0.39, 0.29) is 5.69 Å². The second kappa shape index (κ2) is 3.68. The van der Waals surface area contributed by atoms with Gasteiger partial charge in [0.05, 0.1) is 0 Å². The van der Waals surface area contributed by atoms with Gasteiger partial charge in [-0.05, 0) is 0 Å². The van der Waals surface area contributed by atoms with E-state index in [2.05, 4.69) is 9.97 Å². The maximum atomic E-state index is 10.3. The van der Waals surface area contributed by atoms with Crippen molar-refractivity contribution in [1.29, 1.82) is 5.26 Å². The van der Waals surface area contributed by atoms with Crippen molar-refractivity contribution < 1.29 is 4.79 Å². The third kappa shape index (κ3) is 1.75. The van der Waals surface area contributed by atoms with Crippen LogP contribution in [0.3, 0.4) is 0 Å². The Labute approximate surface area is 67.3 Å². The summed E-state index contributed by atoms with van der Waals surface area (Å²) in [6.45, 7) is 0. The molecule has 0 aliphatic carbocycles. The molecule has 1 aromatic heterocycles. The number of nitriles is 1. The van der Waals surface area contributed by atoms with Crippen LogP contribution >= 0.6 is 11.8 Å². The zero-order valence-corrected chi connectivity index (χ0v) is 6.21. The van der Waals surface area contributed by atoms with Gasteiger partial charge < -0.3 is 0 Å². The fourth-order valence-corrected chi connectivity index (χ4v) is 0.944. The Kier molecular flexibility index (Phi) is 2.58. The third-order valence-electron chi connectivity index (χ3n) is 0.945. The summed E-state index contributed by atoms with van der Waals surface area (Å²) in [7, 11) is 0. The molecular weight excluding hydrogens is 162 g/mol. The fourth-order valence-electron chi connectivity index (χ4n) is 0.539. The molecule has 0 bridgehead atoms. The minimum Gasteiger partial charge on any atom is -0.296 e. The van der Waals surface area contributed by atoms with E-state index in [1.54, 1.807) is 0 Å². The van der Waals surface area contributed by atoms with Gasteiger partial charge in [-0.15, -0.1) is 0 Å². The molecule has 1 rings (SSSR count). The molecule has 0 atom stereocenters. The van der Waals surface area contributed by atoms with E-state index in [1.807, 2.05) is 5.40 Å².